The summed E-state index contributed by atoms with van der Waals surface area (Å²) in [4.78, 5) is 0. The van der Waals surface area contributed by atoms with Crippen molar-refractivity contribution in [2.24, 2.45) is 0 Å². The molecule has 0 bridgehead atoms. The first-order valence-corrected chi connectivity index (χ1v) is 8.45. The van der Waals surface area contributed by atoms with Crippen LogP contribution in [0.3, 0.4) is 0 Å². The molecule has 1 atom stereocenters. The number of rotatable bonds is 0. The monoisotopic (exact) mass is 385 g/mol. The van der Waals surface area contributed by atoms with Gasteiger partial charge in [0.2, 0.25) is 0 Å². The summed E-state index contributed by atoms with van der Waals surface area (Å²) in [7, 11) is 0. The smallest absolute Gasteiger partial charge is 0.328 e. The zero-order valence-electron chi connectivity index (χ0n) is 13.4. The van der Waals surface area contributed by atoms with Crippen molar-refractivity contribution in [2.75, 3.05) is 0 Å². The van der Waals surface area contributed by atoms with Gasteiger partial charge in [0.25, 0.3) is 0 Å². The fourth-order valence-corrected chi connectivity index (χ4v) is 2.70. The maximum absolute atomic E-state index is 2.39. The maximum atomic E-state index is 2.39. The van der Waals surface area contributed by atoms with Gasteiger partial charge < -0.3 is 19.3 Å². The molecule has 2 heteroatoms. The Balaban J connectivity index is 0. The van der Waals surface area contributed by atoms with Crippen molar-refractivity contribution in [2.45, 2.75) is 96.3 Å². The molecule has 0 heterocycles. The molecule has 0 N–H and O–H groups in total. The van der Waals surface area contributed by atoms with Crippen molar-refractivity contribution in [3.8, 4) is 0 Å². The summed E-state index contributed by atoms with van der Waals surface area (Å²) in [5, 5.41) is 0. The molecule has 1 radical (unpaired) electrons. The van der Waals surface area contributed by atoms with E-state index in [1.54, 1.807) is 0 Å². The molecule has 0 amide bonds. The molecule has 0 saturated heterocycles. The van der Waals surface area contributed by atoms with E-state index >= 15 is 0 Å². The van der Waals surface area contributed by atoms with Gasteiger partial charge in [-0.1, -0.05) is 57.8 Å². The van der Waals surface area contributed by atoms with Gasteiger partial charge in [0, 0.05) is 0 Å². The van der Waals surface area contributed by atoms with Crippen LogP contribution in [0, 0.1) is 19.3 Å². The van der Waals surface area contributed by atoms with Crippen molar-refractivity contribution in [1.82, 2.24) is 0 Å². The van der Waals surface area contributed by atoms with Gasteiger partial charge in [-0.25, -0.2) is 0 Å². The molecular formula is C18H36PRu. The largest absolute Gasteiger partial charge is 3.00 e. The fourth-order valence-electron chi connectivity index (χ4n) is 2.70. The van der Waals surface area contributed by atoms with Crippen LogP contribution in [0.2, 0.25) is 0 Å². The van der Waals surface area contributed by atoms with E-state index in [9.17, 15) is 0 Å². The summed E-state index contributed by atoms with van der Waals surface area (Å²) in [5.74, 6) is 0. The van der Waals surface area contributed by atoms with Crippen molar-refractivity contribution >= 4 is 9.90 Å². The Labute approximate surface area is 145 Å². The van der Waals surface area contributed by atoms with E-state index in [0.717, 1.165) is 0 Å². The molecule has 0 aromatic heterocycles. The van der Waals surface area contributed by atoms with Crippen molar-refractivity contribution in [1.29, 1.82) is 0 Å². The topological polar surface area (TPSA) is 0 Å². The normalized spacial score (nSPS) is 21.6. The summed E-state index contributed by atoms with van der Waals surface area (Å²) >= 11 is 0. The van der Waals surface area contributed by atoms with E-state index in [2.05, 4.69) is 19.3 Å². The van der Waals surface area contributed by atoms with Crippen LogP contribution in [0.5, 0.6) is 0 Å². The third-order valence-corrected chi connectivity index (χ3v) is 3.95. The Morgan fingerprint density at radius 2 is 0.550 bits per heavy atom. The van der Waals surface area contributed by atoms with Crippen molar-refractivity contribution < 1.29 is 19.5 Å². The predicted molar refractivity (Wildman–Crippen MR) is 93.3 cm³/mol. The second-order valence-electron chi connectivity index (χ2n) is 5.78. The third kappa shape index (κ3) is 17.1. The Kier molecular flexibility index (Phi) is 23.4. The molecule has 0 aromatic rings. The Morgan fingerprint density at radius 3 is 0.600 bits per heavy atom. The summed E-state index contributed by atoms with van der Waals surface area (Å²) < 4.78 is 0. The molecule has 3 saturated carbocycles. The summed E-state index contributed by atoms with van der Waals surface area (Å²) in [6, 6.07) is 0. The quantitative estimate of drug-likeness (QED) is 0.253. The molecule has 121 valence electrons. The fraction of sp³-hybridized carbons (Fsp3) is 0.833. The molecule has 1 unspecified atom stereocenters. The van der Waals surface area contributed by atoms with Gasteiger partial charge in [-0.05, 0) is 0 Å². The molecule has 3 fully saturated rings. The zero-order chi connectivity index (χ0) is 12.7. The minimum atomic E-state index is 0. The van der Waals surface area contributed by atoms with Crippen LogP contribution >= 0.6 is 9.90 Å². The number of hydrogen-bond donors (Lipinski definition) is 0. The second-order valence-corrected chi connectivity index (χ2v) is 5.78. The Hall–Kier alpha value is 1.05. The van der Waals surface area contributed by atoms with Crippen molar-refractivity contribution in [3.63, 3.8) is 0 Å². The first-order valence-electron chi connectivity index (χ1n) is 8.45. The van der Waals surface area contributed by atoms with Gasteiger partial charge in [-0.3, -0.25) is 0 Å². The van der Waals surface area contributed by atoms with Crippen LogP contribution in [0.1, 0.15) is 96.3 Å². The zero-order valence-corrected chi connectivity index (χ0v) is 16.6. The first-order chi connectivity index (χ1) is 9.00. The molecule has 0 spiro atoms. The molecule has 0 aliphatic heterocycles. The van der Waals surface area contributed by atoms with Gasteiger partial charge in [0.15, 0.2) is 0 Å². The van der Waals surface area contributed by atoms with E-state index in [4.69, 9.17) is 0 Å². The second kappa shape index (κ2) is 20.1. The van der Waals surface area contributed by atoms with Gasteiger partial charge in [0.1, 0.15) is 0 Å². The summed E-state index contributed by atoms with van der Waals surface area (Å²) in [6.07, 6.45) is 28.5. The first kappa shape index (κ1) is 23.3. The van der Waals surface area contributed by atoms with Gasteiger partial charge in [0.05, 0.1) is 0 Å². The van der Waals surface area contributed by atoms with Crippen molar-refractivity contribution in [3.05, 3.63) is 19.3 Å². The van der Waals surface area contributed by atoms with Crippen LogP contribution in [0.15, 0.2) is 0 Å². The molecule has 3 aliphatic carbocycles. The Bertz CT molecular complexity index is 86.4. The van der Waals surface area contributed by atoms with E-state index in [1.165, 1.54) is 96.3 Å². The molecule has 3 rings (SSSR count). The van der Waals surface area contributed by atoms with Gasteiger partial charge >= 0.3 is 19.5 Å². The average molecular weight is 385 g/mol. The third-order valence-electron chi connectivity index (χ3n) is 3.95. The molecular weight excluding hydrogens is 348 g/mol. The van der Waals surface area contributed by atoms with E-state index in [1.807, 2.05) is 0 Å². The van der Waals surface area contributed by atoms with E-state index in [0.29, 0.717) is 0 Å². The van der Waals surface area contributed by atoms with Crippen LogP contribution in [-0.4, -0.2) is 0 Å². The van der Waals surface area contributed by atoms with Crippen LogP contribution in [0.4, 0.5) is 0 Å². The van der Waals surface area contributed by atoms with Crippen LogP contribution in [-0.2, 0) is 19.5 Å². The maximum Gasteiger partial charge on any atom is 3.00 e. The van der Waals surface area contributed by atoms with E-state index < -0.39 is 0 Å². The molecule has 3 aliphatic rings. The predicted octanol–water partition coefficient (Wildman–Crippen LogP) is 6.52. The Morgan fingerprint density at radius 1 is 0.350 bits per heavy atom. The average Bonchev–Trinajstić information content (AvgIpc) is 2.54. The summed E-state index contributed by atoms with van der Waals surface area (Å²) in [6.45, 7) is 0. The van der Waals surface area contributed by atoms with Gasteiger partial charge in [-0.2, -0.15) is 48.4 Å². The SMILES string of the molecule is P.[CH-]1CCCCC1.[CH-]1CCCCC1.[CH-]1CCCCC1.[Ru+3]. The number of hydrogen-bond acceptors (Lipinski definition) is 0. The summed E-state index contributed by atoms with van der Waals surface area (Å²) in [5.41, 5.74) is 0. The van der Waals surface area contributed by atoms with Crippen LogP contribution in [0.25, 0.3) is 0 Å². The molecule has 20 heavy (non-hydrogen) atoms. The minimum absolute atomic E-state index is 0. The van der Waals surface area contributed by atoms with Gasteiger partial charge in [-0.15, -0.1) is 0 Å². The van der Waals surface area contributed by atoms with E-state index in [-0.39, 0.29) is 29.4 Å². The minimum Gasteiger partial charge on any atom is -0.328 e. The molecule has 0 aromatic carbocycles. The van der Waals surface area contributed by atoms with Crippen LogP contribution < -0.4 is 0 Å². The standard InChI is InChI=1S/3C6H11.H3P.Ru/c3*1-2-4-6-5-3-1;;/h3*1H,2-6H2;1H3;/q3*-1;;+3. The molecule has 0 nitrogen and oxygen atoms in total.